The second-order valence-corrected chi connectivity index (χ2v) is 6.80. The molecule has 0 atom stereocenters. The van der Waals surface area contributed by atoms with Gasteiger partial charge in [0.1, 0.15) is 17.5 Å². The first kappa shape index (κ1) is 20.0. The first-order valence-electron chi connectivity index (χ1n) is 9.04. The number of carbonyl (C=O) groups is 2. The van der Waals surface area contributed by atoms with E-state index in [9.17, 15) is 22.8 Å². The van der Waals surface area contributed by atoms with Crippen molar-refractivity contribution in [2.75, 3.05) is 19.8 Å². The lowest BCUT2D eigenvalue weighted by Crippen LogP contribution is -2.39. The number of carbonyl (C=O) groups excluding carboxylic acids is 2. The minimum atomic E-state index is -1.12. The summed E-state index contributed by atoms with van der Waals surface area (Å²) in [6.45, 7) is 1.30. The molecular formula is C20H20F3N3O2. The number of amides is 1. The van der Waals surface area contributed by atoms with Gasteiger partial charge in [-0.3, -0.25) is 9.59 Å². The summed E-state index contributed by atoms with van der Waals surface area (Å²) in [4.78, 5) is 34.1. The molecule has 8 heteroatoms. The molecule has 0 unspecified atom stereocenters. The van der Waals surface area contributed by atoms with Gasteiger partial charge in [0.05, 0.1) is 17.7 Å². The third-order valence-corrected chi connectivity index (χ3v) is 4.98. The Labute approximate surface area is 160 Å². The van der Waals surface area contributed by atoms with E-state index in [2.05, 4.69) is 9.97 Å². The Balaban J connectivity index is 1.69. The van der Waals surface area contributed by atoms with Gasteiger partial charge in [0.15, 0.2) is 12.5 Å². The van der Waals surface area contributed by atoms with Crippen molar-refractivity contribution in [3.63, 3.8) is 0 Å². The van der Waals surface area contributed by atoms with Gasteiger partial charge in [-0.05, 0) is 31.9 Å². The first-order valence-corrected chi connectivity index (χ1v) is 9.04. The van der Waals surface area contributed by atoms with Crippen molar-refractivity contribution in [2.45, 2.75) is 32.1 Å². The van der Waals surface area contributed by atoms with Crippen LogP contribution in [0.5, 0.6) is 0 Å². The van der Waals surface area contributed by atoms with Crippen LogP contribution < -0.4 is 0 Å². The summed E-state index contributed by atoms with van der Waals surface area (Å²) < 4.78 is 40.4. The van der Waals surface area contributed by atoms with Crippen molar-refractivity contribution in [1.29, 1.82) is 0 Å². The zero-order chi connectivity index (χ0) is 20.3. The van der Waals surface area contributed by atoms with Crippen LogP contribution in [0.25, 0.3) is 0 Å². The van der Waals surface area contributed by atoms with Crippen LogP contribution in [-0.4, -0.2) is 46.3 Å². The highest BCUT2D eigenvalue weighted by molar-refractivity contribution is 5.97. The number of aryl methyl sites for hydroxylation is 1. The maximum atomic E-state index is 13.8. The number of likely N-dealkylation sites (tertiary alicyclic amines) is 1. The van der Waals surface area contributed by atoms with Gasteiger partial charge in [0.2, 0.25) is 5.91 Å². The predicted octanol–water partition coefficient (Wildman–Crippen LogP) is 3.16. The predicted molar refractivity (Wildman–Crippen MR) is 95.7 cm³/mol. The number of Topliss-reactive ketones (excluding diaryl/α,β-unsaturated/α-hetero) is 1. The fourth-order valence-corrected chi connectivity index (χ4v) is 3.45. The van der Waals surface area contributed by atoms with Crippen LogP contribution in [0.1, 0.15) is 46.2 Å². The molecule has 2 heterocycles. The number of rotatable bonds is 5. The number of hydrogen-bond acceptors (Lipinski definition) is 4. The molecule has 0 radical (unpaired) electrons. The maximum Gasteiger partial charge on any atom is 0.227 e. The fraction of sp³-hybridized carbons (Fsp3) is 0.400. The highest BCUT2D eigenvalue weighted by Crippen LogP contribution is 2.29. The van der Waals surface area contributed by atoms with E-state index in [4.69, 9.17) is 0 Å². The number of benzene rings is 1. The Hall–Kier alpha value is -2.77. The summed E-state index contributed by atoms with van der Waals surface area (Å²) >= 11 is 0. The lowest BCUT2D eigenvalue weighted by atomic mass is 9.89. The van der Waals surface area contributed by atoms with Gasteiger partial charge in [0, 0.05) is 30.8 Å². The van der Waals surface area contributed by atoms with Crippen molar-refractivity contribution >= 4 is 11.7 Å². The van der Waals surface area contributed by atoms with Gasteiger partial charge in [-0.25, -0.2) is 23.1 Å². The van der Waals surface area contributed by atoms with Gasteiger partial charge in [0.25, 0.3) is 0 Å². The van der Waals surface area contributed by atoms with E-state index in [-0.39, 0.29) is 29.4 Å². The number of hydrogen-bond donors (Lipinski definition) is 0. The molecule has 1 aromatic heterocycles. The lowest BCUT2D eigenvalue weighted by Gasteiger charge is -2.32. The molecule has 1 fully saturated rings. The van der Waals surface area contributed by atoms with Crippen LogP contribution >= 0.6 is 0 Å². The van der Waals surface area contributed by atoms with Gasteiger partial charge in [-0.15, -0.1) is 0 Å². The van der Waals surface area contributed by atoms with Gasteiger partial charge < -0.3 is 4.90 Å². The highest BCUT2D eigenvalue weighted by atomic mass is 19.1. The van der Waals surface area contributed by atoms with Crippen LogP contribution in [0.3, 0.4) is 0 Å². The Morgan fingerprint density at radius 1 is 1.18 bits per heavy atom. The molecule has 0 bridgehead atoms. The van der Waals surface area contributed by atoms with Crippen molar-refractivity contribution in [1.82, 2.24) is 14.9 Å². The average molecular weight is 391 g/mol. The zero-order valence-electron chi connectivity index (χ0n) is 15.4. The van der Waals surface area contributed by atoms with Crippen LogP contribution in [0.2, 0.25) is 0 Å². The smallest absolute Gasteiger partial charge is 0.227 e. The SMILES string of the molecule is Cc1ncc(C(=O)CF)c(C2CCN(C(=O)Cc3c(F)cccc3F)CC2)n1. The van der Waals surface area contributed by atoms with Gasteiger partial charge >= 0.3 is 0 Å². The molecule has 0 spiro atoms. The van der Waals surface area contributed by atoms with Crippen molar-refractivity contribution < 1.29 is 22.8 Å². The van der Waals surface area contributed by atoms with E-state index in [0.717, 1.165) is 12.1 Å². The molecule has 1 aliphatic heterocycles. The first-order chi connectivity index (χ1) is 13.4. The number of ketones is 1. The molecule has 2 aromatic rings. The molecule has 0 aliphatic carbocycles. The van der Waals surface area contributed by atoms with Crippen LogP contribution in [-0.2, 0) is 11.2 Å². The van der Waals surface area contributed by atoms with E-state index in [1.165, 1.54) is 12.3 Å². The summed E-state index contributed by atoms with van der Waals surface area (Å²) in [5.74, 6) is -2.13. The van der Waals surface area contributed by atoms with Gasteiger partial charge in [-0.1, -0.05) is 6.07 Å². The summed E-state index contributed by atoms with van der Waals surface area (Å²) in [5.41, 5.74) is 0.436. The standard InChI is InChI=1S/C20H20F3N3O2/c1-12-24-11-15(18(27)10-21)20(25-12)13-5-7-26(8-6-13)19(28)9-14-16(22)3-2-4-17(14)23/h2-4,11,13H,5-10H2,1H3. The molecule has 0 N–H and O–H groups in total. The van der Waals surface area contributed by atoms with E-state index >= 15 is 0 Å². The number of alkyl halides is 1. The quantitative estimate of drug-likeness (QED) is 0.735. The Morgan fingerprint density at radius 2 is 1.82 bits per heavy atom. The molecule has 28 heavy (non-hydrogen) atoms. The van der Waals surface area contributed by atoms with Crippen LogP contribution in [0, 0.1) is 18.6 Å². The van der Waals surface area contributed by atoms with E-state index in [1.807, 2.05) is 0 Å². The van der Waals surface area contributed by atoms with Gasteiger partial charge in [-0.2, -0.15) is 0 Å². The maximum absolute atomic E-state index is 13.8. The third-order valence-electron chi connectivity index (χ3n) is 4.98. The van der Waals surface area contributed by atoms with Crippen molar-refractivity contribution in [3.05, 3.63) is 58.7 Å². The molecule has 0 saturated carbocycles. The minimum absolute atomic E-state index is 0.110. The van der Waals surface area contributed by atoms with Crippen molar-refractivity contribution in [3.8, 4) is 0 Å². The Kier molecular flexibility index (Phi) is 6.06. The Morgan fingerprint density at radius 3 is 2.43 bits per heavy atom. The molecule has 1 amide bonds. The largest absolute Gasteiger partial charge is 0.342 e. The number of aromatic nitrogens is 2. The molecule has 1 aromatic carbocycles. The molecule has 3 rings (SSSR count). The normalized spacial score (nSPS) is 14.9. The number of nitrogens with zero attached hydrogens (tertiary/aromatic N) is 3. The number of halogens is 3. The average Bonchev–Trinajstić information content (AvgIpc) is 2.70. The second-order valence-electron chi connectivity index (χ2n) is 6.80. The third kappa shape index (κ3) is 4.21. The second kappa shape index (κ2) is 8.50. The minimum Gasteiger partial charge on any atom is -0.342 e. The topological polar surface area (TPSA) is 63.2 Å². The highest BCUT2D eigenvalue weighted by Gasteiger charge is 2.28. The monoisotopic (exact) mass is 391 g/mol. The molecule has 5 nitrogen and oxygen atoms in total. The fourth-order valence-electron chi connectivity index (χ4n) is 3.45. The van der Waals surface area contributed by atoms with Crippen molar-refractivity contribution in [2.24, 2.45) is 0 Å². The van der Waals surface area contributed by atoms with E-state index in [0.29, 0.717) is 37.4 Å². The van der Waals surface area contributed by atoms with E-state index in [1.54, 1.807) is 11.8 Å². The lowest BCUT2D eigenvalue weighted by molar-refractivity contribution is -0.131. The summed E-state index contributed by atoms with van der Waals surface area (Å²) in [5, 5.41) is 0. The van der Waals surface area contributed by atoms with Crippen LogP contribution in [0.4, 0.5) is 13.2 Å². The summed E-state index contributed by atoms with van der Waals surface area (Å²) in [6, 6.07) is 3.50. The molecule has 1 saturated heterocycles. The molecular weight excluding hydrogens is 371 g/mol. The molecule has 1 aliphatic rings. The van der Waals surface area contributed by atoms with E-state index < -0.39 is 24.1 Å². The Bertz CT molecular complexity index is 876. The molecule has 148 valence electrons. The number of piperidine rings is 1. The zero-order valence-corrected chi connectivity index (χ0v) is 15.4. The summed E-state index contributed by atoms with van der Waals surface area (Å²) in [7, 11) is 0. The van der Waals surface area contributed by atoms with Crippen LogP contribution in [0.15, 0.2) is 24.4 Å². The summed E-state index contributed by atoms with van der Waals surface area (Å²) in [6.07, 6.45) is 2.04.